The fourth-order valence-corrected chi connectivity index (χ4v) is 3.13. The van der Waals surface area contributed by atoms with Crippen LogP contribution < -0.4 is 0 Å². The Morgan fingerprint density at radius 1 is 1.08 bits per heavy atom. The summed E-state index contributed by atoms with van der Waals surface area (Å²) in [4.78, 5) is 27.2. The van der Waals surface area contributed by atoms with E-state index in [2.05, 4.69) is 17.0 Å². The third-order valence-corrected chi connectivity index (χ3v) is 4.53. The van der Waals surface area contributed by atoms with Gasteiger partial charge < -0.3 is 4.90 Å². The second-order valence-corrected chi connectivity index (χ2v) is 6.41. The van der Waals surface area contributed by atoms with E-state index < -0.39 is 4.92 Å². The van der Waals surface area contributed by atoms with Gasteiger partial charge in [0.2, 0.25) is 0 Å². The Kier molecular flexibility index (Phi) is 5.31. The number of nitro groups is 1. The first kappa shape index (κ1) is 17.4. The number of carbonyl (C=O) groups excluding carboxylic acids is 1. The highest BCUT2D eigenvalue weighted by Crippen LogP contribution is 2.24. The van der Waals surface area contributed by atoms with Gasteiger partial charge in [0.1, 0.15) is 5.56 Å². The quantitative estimate of drug-likeness (QED) is 0.621. The van der Waals surface area contributed by atoms with Crippen molar-refractivity contribution < 1.29 is 9.72 Å². The molecular formula is C18H18ClN3O3. The van der Waals surface area contributed by atoms with Gasteiger partial charge in [-0.25, -0.2) is 0 Å². The summed E-state index contributed by atoms with van der Waals surface area (Å²) in [6, 6.07) is 14.2. The summed E-state index contributed by atoms with van der Waals surface area (Å²) in [6.45, 7) is 3.37. The Labute approximate surface area is 150 Å². The Morgan fingerprint density at radius 2 is 1.76 bits per heavy atom. The summed E-state index contributed by atoms with van der Waals surface area (Å²) >= 11 is 5.92. The maximum Gasteiger partial charge on any atom is 0.282 e. The van der Waals surface area contributed by atoms with E-state index in [4.69, 9.17) is 11.6 Å². The minimum absolute atomic E-state index is 0.0500. The molecule has 0 N–H and O–H groups in total. The third kappa shape index (κ3) is 4.15. The van der Waals surface area contributed by atoms with Crippen LogP contribution in [0, 0.1) is 10.1 Å². The molecule has 0 aliphatic carbocycles. The van der Waals surface area contributed by atoms with Crippen LogP contribution >= 0.6 is 11.6 Å². The molecule has 3 rings (SSSR count). The lowest BCUT2D eigenvalue weighted by Crippen LogP contribution is -2.48. The van der Waals surface area contributed by atoms with Crippen LogP contribution in [0.3, 0.4) is 0 Å². The average molecular weight is 360 g/mol. The van der Waals surface area contributed by atoms with E-state index in [0.29, 0.717) is 18.1 Å². The van der Waals surface area contributed by atoms with Gasteiger partial charge in [-0.3, -0.25) is 19.8 Å². The highest BCUT2D eigenvalue weighted by Gasteiger charge is 2.27. The fourth-order valence-electron chi connectivity index (χ4n) is 2.96. The van der Waals surface area contributed by atoms with Crippen LogP contribution in [0.5, 0.6) is 0 Å². The standard InChI is InChI=1S/C18H18ClN3O3/c19-15-6-7-17(22(24)25)16(12-15)18(23)21-10-8-20(9-11-21)13-14-4-2-1-3-5-14/h1-7,12H,8-11,13H2. The van der Waals surface area contributed by atoms with Gasteiger partial charge in [0.05, 0.1) is 4.92 Å². The number of carbonyl (C=O) groups is 1. The van der Waals surface area contributed by atoms with Crippen molar-refractivity contribution in [1.82, 2.24) is 9.80 Å². The lowest BCUT2D eigenvalue weighted by atomic mass is 10.1. The zero-order chi connectivity index (χ0) is 17.8. The Bertz CT molecular complexity index is 774. The molecular weight excluding hydrogens is 342 g/mol. The Morgan fingerprint density at radius 3 is 2.40 bits per heavy atom. The van der Waals surface area contributed by atoms with Crippen LogP contribution in [-0.4, -0.2) is 46.8 Å². The van der Waals surface area contributed by atoms with Crippen molar-refractivity contribution in [3.8, 4) is 0 Å². The number of amides is 1. The maximum atomic E-state index is 12.7. The molecule has 6 nitrogen and oxygen atoms in total. The van der Waals surface area contributed by atoms with Gasteiger partial charge in [0.25, 0.3) is 11.6 Å². The molecule has 0 saturated carbocycles. The number of nitro benzene ring substituents is 1. The number of piperazine rings is 1. The van der Waals surface area contributed by atoms with E-state index in [0.717, 1.165) is 19.6 Å². The van der Waals surface area contributed by atoms with Crippen molar-refractivity contribution in [3.05, 3.63) is 74.8 Å². The third-order valence-electron chi connectivity index (χ3n) is 4.29. The average Bonchev–Trinajstić information content (AvgIpc) is 2.62. The highest BCUT2D eigenvalue weighted by molar-refractivity contribution is 6.31. The van der Waals surface area contributed by atoms with Gasteiger partial charge in [-0.2, -0.15) is 0 Å². The molecule has 7 heteroatoms. The monoisotopic (exact) mass is 359 g/mol. The Balaban J connectivity index is 1.66. The highest BCUT2D eigenvalue weighted by atomic mass is 35.5. The van der Waals surface area contributed by atoms with E-state index in [9.17, 15) is 14.9 Å². The van der Waals surface area contributed by atoms with Crippen molar-refractivity contribution in [2.24, 2.45) is 0 Å². The van der Waals surface area contributed by atoms with Gasteiger partial charge in [0.15, 0.2) is 0 Å². The largest absolute Gasteiger partial charge is 0.336 e. The molecule has 0 unspecified atom stereocenters. The van der Waals surface area contributed by atoms with Crippen LogP contribution in [0.1, 0.15) is 15.9 Å². The van der Waals surface area contributed by atoms with E-state index >= 15 is 0 Å². The van der Waals surface area contributed by atoms with Gasteiger partial charge in [0, 0.05) is 43.8 Å². The molecule has 0 spiro atoms. The van der Waals surface area contributed by atoms with Gasteiger partial charge in [-0.1, -0.05) is 41.9 Å². The molecule has 1 aliphatic rings. The smallest absolute Gasteiger partial charge is 0.282 e. The van der Waals surface area contributed by atoms with Crippen molar-refractivity contribution in [2.75, 3.05) is 26.2 Å². The van der Waals surface area contributed by atoms with E-state index in [1.165, 1.54) is 23.8 Å². The zero-order valence-electron chi connectivity index (χ0n) is 13.6. The summed E-state index contributed by atoms with van der Waals surface area (Å²) in [6.07, 6.45) is 0. The first-order valence-electron chi connectivity index (χ1n) is 8.04. The predicted octanol–water partition coefficient (Wildman–Crippen LogP) is 3.21. The molecule has 0 radical (unpaired) electrons. The summed E-state index contributed by atoms with van der Waals surface area (Å²) in [5.41, 5.74) is 1.07. The van der Waals surface area contributed by atoms with Gasteiger partial charge >= 0.3 is 0 Å². The number of hydrogen-bond donors (Lipinski definition) is 0. The maximum absolute atomic E-state index is 12.7. The molecule has 1 saturated heterocycles. The van der Waals surface area contributed by atoms with Crippen LogP contribution in [0.2, 0.25) is 5.02 Å². The molecule has 1 amide bonds. The Hall–Kier alpha value is -2.44. The van der Waals surface area contributed by atoms with Crippen molar-refractivity contribution in [1.29, 1.82) is 0 Å². The number of rotatable bonds is 4. The second kappa shape index (κ2) is 7.63. The molecule has 130 valence electrons. The van der Waals surface area contributed by atoms with Crippen molar-refractivity contribution in [3.63, 3.8) is 0 Å². The number of hydrogen-bond acceptors (Lipinski definition) is 4. The van der Waals surface area contributed by atoms with Crippen LogP contribution in [0.15, 0.2) is 48.5 Å². The molecule has 1 heterocycles. The summed E-state index contributed by atoms with van der Waals surface area (Å²) in [7, 11) is 0. The fraction of sp³-hybridized carbons (Fsp3) is 0.278. The lowest BCUT2D eigenvalue weighted by Gasteiger charge is -2.34. The molecule has 1 fully saturated rings. The van der Waals surface area contributed by atoms with E-state index in [-0.39, 0.29) is 17.2 Å². The molecule has 2 aromatic rings. The minimum Gasteiger partial charge on any atom is -0.336 e. The molecule has 25 heavy (non-hydrogen) atoms. The summed E-state index contributed by atoms with van der Waals surface area (Å²) in [5.74, 6) is -0.339. The number of halogens is 1. The molecule has 0 atom stereocenters. The summed E-state index contributed by atoms with van der Waals surface area (Å²) < 4.78 is 0. The van der Waals surface area contributed by atoms with Gasteiger partial charge in [-0.05, 0) is 17.7 Å². The van der Waals surface area contributed by atoms with Crippen LogP contribution in [-0.2, 0) is 6.54 Å². The number of benzene rings is 2. The molecule has 2 aromatic carbocycles. The number of nitrogens with zero attached hydrogens (tertiary/aromatic N) is 3. The van der Waals surface area contributed by atoms with E-state index in [1.54, 1.807) is 4.90 Å². The molecule has 0 aromatic heterocycles. The second-order valence-electron chi connectivity index (χ2n) is 5.97. The predicted molar refractivity (Wildman–Crippen MR) is 95.7 cm³/mol. The molecule has 0 bridgehead atoms. The topological polar surface area (TPSA) is 66.7 Å². The van der Waals surface area contributed by atoms with Crippen molar-refractivity contribution in [2.45, 2.75) is 6.54 Å². The minimum atomic E-state index is -0.546. The SMILES string of the molecule is O=C(c1cc(Cl)ccc1[N+](=O)[O-])N1CCN(Cc2ccccc2)CC1. The zero-order valence-corrected chi connectivity index (χ0v) is 14.4. The van der Waals surface area contributed by atoms with Crippen LogP contribution in [0.25, 0.3) is 0 Å². The lowest BCUT2D eigenvalue weighted by molar-refractivity contribution is -0.385. The van der Waals surface area contributed by atoms with Crippen molar-refractivity contribution >= 4 is 23.2 Å². The van der Waals surface area contributed by atoms with E-state index in [1.807, 2.05) is 18.2 Å². The first-order chi connectivity index (χ1) is 12.0. The van der Waals surface area contributed by atoms with Crippen LogP contribution in [0.4, 0.5) is 5.69 Å². The van der Waals surface area contributed by atoms with Gasteiger partial charge in [-0.15, -0.1) is 0 Å². The summed E-state index contributed by atoms with van der Waals surface area (Å²) in [5, 5.41) is 11.5. The normalized spacial score (nSPS) is 15.2. The first-order valence-corrected chi connectivity index (χ1v) is 8.42. The molecule has 1 aliphatic heterocycles.